The number of rotatable bonds is 4. The summed E-state index contributed by atoms with van der Waals surface area (Å²) >= 11 is 0. The summed E-state index contributed by atoms with van der Waals surface area (Å²) in [6, 6.07) is 16.7. The lowest BCUT2D eigenvalue weighted by Crippen LogP contribution is -2.42. The molecule has 0 aliphatic carbocycles. The van der Waals surface area contributed by atoms with Crippen LogP contribution in [0.5, 0.6) is 0 Å². The molecule has 5 nitrogen and oxygen atoms in total. The molecule has 2 heterocycles. The normalized spacial score (nSPS) is 22.2. The van der Waals surface area contributed by atoms with E-state index in [9.17, 15) is 9.59 Å². The average Bonchev–Trinajstić information content (AvgIpc) is 3.21. The van der Waals surface area contributed by atoms with Gasteiger partial charge in [-0.2, -0.15) is 0 Å². The van der Waals surface area contributed by atoms with Gasteiger partial charge in [-0.1, -0.05) is 48.5 Å². The maximum atomic E-state index is 12.8. The molecule has 2 aromatic rings. The van der Waals surface area contributed by atoms with Crippen LogP contribution in [0.15, 0.2) is 48.5 Å². The van der Waals surface area contributed by atoms with Crippen molar-refractivity contribution < 1.29 is 14.3 Å². The third kappa shape index (κ3) is 4.51. The molecular formula is C24H28N2O3. The molecule has 0 aromatic heterocycles. The van der Waals surface area contributed by atoms with Crippen molar-refractivity contribution in [1.82, 2.24) is 10.2 Å². The summed E-state index contributed by atoms with van der Waals surface area (Å²) in [5.74, 6) is -0.207. The number of amides is 2. The molecule has 5 heteroatoms. The molecule has 2 fully saturated rings. The van der Waals surface area contributed by atoms with Crippen LogP contribution in [0.1, 0.15) is 24.0 Å². The van der Waals surface area contributed by atoms with Gasteiger partial charge in [-0.05, 0) is 48.4 Å². The van der Waals surface area contributed by atoms with Gasteiger partial charge in [0.15, 0.2) is 0 Å². The first kappa shape index (κ1) is 19.6. The summed E-state index contributed by atoms with van der Waals surface area (Å²) in [5.41, 5.74) is 4.69. The summed E-state index contributed by atoms with van der Waals surface area (Å²) in [6.45, 7) is 4.24. The van der Waals surface area contributed by atoms with E-state index in [1.54, 1.807) is 0 Å². The summed E-state index contributed by atoms with van der Waals surface area (Å²) < 4.78 is 5.57. The minimum Gasteiger partial charge on any atom is -0.368 e. The van der Waals surface area contributed by atoms with Crippen LogP contribution in [0.4, 0.5) is 0 Å². The SMILES string of the molecule is Cc1ccccc1-c1cccc(C[C@@H]2CN(C(=O)[C@H]3CCCO3)CCNC2=O)c1. The highest BCUT2D eigenvalue weighted by Gasteiger charge is 2.33. The summed E-state index contributed by atoms with van der Waals surface area (Å²) in [5, 5.41) is 2.97. The van der Waals surface area contributed by atoms with Crippen molar-refractivity contribution in [3.8, 4) is 11.1 Å². The van der Waals surface area contributed by atoms with Crippen molar-refractivity contribution in [2.45, 2.75) is 32.3 Å². The molecule has 29 heavy (non-hydrogen) atoms. The van der Waals surface area contributed by atoms with Gasteiger partial charge in [-0.15, -0.1) is 0 Å². The van der Waals surface area contributed by atoms with E-state index in [1.165, 1.54) is 11.1 Å². The topological polar surface area (TPSA) is 58.6 Å². The third-order valence-corrected chi connectivity index (χ3v) is 5.87. The Morgan fingerprint density at radius 1 is 1.21 bits per heavy atom. The van der Waals surface area contributed by atoms with Gasteiger partial charge in [0.05, 0.1) is 5.92 Å². The van der Waals surface area contributed by atoms with E-state index in [1.807, 2.05) is 23.1 Å². The maximum Gasteiger partial charge on any atom is 0.251 e. The van der Waals surface area contributed by atoms with Gasteiger partial charge in [0.1, 0.15) is 6.10 Å². The van der Waals surface area contributed by atoms with Crippen LogP contribution in [0, 0.1) is 12.8 Å². The van der Waals surface area contributed by atoms with Gasteiger partial charge in [0, 0.05) is 26.2 Å². The second kappa shape index (κ2) is 8.78. The van der Waals surface area contributed by atoms with Crippen LogP contribution in [0.2, 0.25) is 0 Å². The first-order valence-electron chi connectivity index (χ1n) is 10.4. The van der Waals surface area contributed by atoms with E-state index in [4.69, 9.17) is 4.74 Å². The van der Waals surface area contributed by atoms with Gasteiger partial charge in [-0.3, -0.25) is 9.59 Å². The Hall–Kier alpha value is -2.66. The van der Waals surface area contributed by atoms with E-state index in [2.05, 4.69) is 42.6 Å². The Kier molecular flexibility index (Phi) is 5.95. The van der Waals surface area contributed by atoms with Crippen molar-refractivity contribution in [2.75, 3.05) is 26.2 Å². The minimum atomic E-state index is -0.340. The quantitative estimate of drug-likeness (QED) is 0.870. The zero-order valence-corrected chi connectivity index (χ0v) is 16.9. The number of ether oxygens (including phenoxy) is 1. The van der Waals surface area contributed by atoms with Gasteiger partial charge in [0.25, 0.3) is 5.91 Å². The molecular weight excluding hydrogens is 364 g/mol. The Bertz CT molecular complexity index is 889. The van der Waals surface area contributed by atoms with Gasteiger partial charge in [-0.25, -0.2) is 0 Å². The molecule has 2 aliphatic rings. The van der Waals surface area contributed by atoms with E-state index < -0.39 is 0 Å². The molecule has 2 saturated heterocycles. The minimum absolute atomic E-state index is 0.0222. The second-order valence-corrected chi connectivity index (χ2v) is 7.99. The lowest BCUT2D eigenvalue weighted by molar-refractivity contribution is -0.141. The molecule has 1 N–H and O–H groups in total. The zero-order valence-electron chi connectivity index (χ0n) is 16.9. The van der Waals surface area contributed by atoms with Crippen LogP contribution in [-0.4, -0.2) is 49.1 Å². The van der Waals surface area contributed by atoms with Crippen molar-refractivity contribution >= 4 is 11.8 Å². The summed E-state index contributed by atoms with van der Waals surface area (Å²) in [4.78, 5) is 27.2. The highest BCUT2D eigenvalue weighted by atomic mass is 16.5. The van der Waals surface area contributed by atoms with Crippen LogP contribution in [0.3, 0.4) is 0 Å². The number of nitrogens with zero attached hydrogens (tertiary/aromatic N) is 1. The fourth-order valence-corrected chi connectivity index (χ4v) is 4.28. The number of carbonyl (C=O) groups excluding carboxylic acids is 2. The Labute approximate surface area is 172 Å². The molecule has 2 aliphatic heterocycles. The molecule has 0 saturated carbocycles. The number of nitrogens with one attached hydrogen (secondary N) is 1. The molecule has 2 aromatic carbocycles. The lowest BCUT2D eigenvalue weighted by atomic mass is 9.94. The zero-order chi connectivity index (χ0) is 20.2. The van der Waals surface area contributed by atoms with Gasteiger partial charge >= 0.3 is 0 Å². The molecule has 2 amide bonds. The lowest BCUT2D eigenvalue weighted by Gasteiger charge is -2.25. The van der Waals surface area contributed by atoms with Crippen LogP contribution >= 0.6 is 0 Å². The van der Waals surface area contributed by atoms with E-state index in [-0.39, 0.29) is 23.8 Å². The van der Waals surface area contributed by atoms with Crippen molar-refractivity contribution in [3.05, 3.63) is 59.7 Å². The van der Waals surface area contributed by atoms with Crippen LogP contribution in [0.25, 0.3) is 11.1 Å². The van der Waals surface area contributed by atoms with Crippen molar-refractivity contribution in [2.24, 2.45) is 5.92 Å². The largest absolute Gasteiger partial charge is 0.368 e. The van der Waals surface area contributed by atoms with Gasteiger partial charge < -0.3 is 15.0 Å². The van der Waals surface area contributed by atoms with E-state index in [0.717, 1.165) is 24.0 Å². The van der Waals surface area contributed by atoms with E-state index >= 15 is 0 Å². The maximum absolute atomic E-state index is 12.8. The molecule has 0 spiro atoms. The van der Waals surface area contributed by atoms with Crippen molar-refractivity contribution in [1.29, 1.82) is 0 Å². The standard InChI is InChI=1S/C24H28N2O3/c1-17-6-2-3-9-21(17)19-8-4-7-18(14-19)15-20-16-26(12-11-25-23(20)27)24(28)22-10-5-13-29-22/h2-4,6-9,14,20,22H,5,10-13,15-16H2,1H3,(H,25,27)/t20-,22-/m1/s1. The highest BCUT2D eigenvalue weighted by Crippen LogP contribution is 2.25. The van der Waals surface area contributed by atoms with Crippen LogP contribution in [-0.2, 0) is 20.7 Å². The molecule has 0 unspecified atom stereocenters. The van der Waals surface area contributed by atoms with Gasteiger partial charge in [0.2, 0.25) is 5.91 Å². The molecule has 0 radical (unpaired) electrons. The monoisotopic (exact) mass is 392 g/mol. The first-order valence-corrected chi connectivity index (χ1v) is 10.4. The summed E-state index contributed by atoms with van der Waals surface area (Å²) in [7, 11) is 0. The summed E-state index contributed by atoms with van der Waals surface area (Å²) in [6.07, 6.45) is 1.98. The fourth-order valence-electron chi connectivity index (χ4n) is 4.28. The molecule has 152 valence electrons. The number of carbonyl (C=O) groups is 2. The molecule has 4 rings (SSSR count). The third-order valence-electron chi connectivity index (χ3n) is 5.87. The smallest absolute Gasteiger partial charge is 0.251 e. The van der Waals surface area contributed by atoms with Crippen molar-refractivity contribution in [3.63, 3.8) is 0 Å². The predicted molar refractivity (Wildman–Crippen MR) is 112 cm³/mol. The number of hydrogen-bond donors (Lipinski definition) is 1. The van der Waals surface area contributed by atoms with E-state index in [0.29, 0.717) is 32.7 Å². The highest BCUT2D eigenvalue weighted by molar-refractivity contribution is 5.84. The first-order chi connectivity index (χ1) is 14.1. The molecule has 2 atom stereocenters. The Morgan fingerprint density at radius 3 is 2.86 bits per heavy atom. The fraction of sp³-hybridized carbons (Fsp3) is 0.417. The average molecular weight is 392 g/mol. The molecule has 0 bridgehead atoms. The predicted octanol–water partition coefficient (Wildman–Crippen LogP) is 2.96. The number of aryl methyl sites for hydroxylation is 1. The Balaban J connectivity index is 1.51. The Morgan fingerprint density at radius 2 is 2.07 bits per heavy atom. The number of hydrogen-bond acceptors (Lipinski definition) is 3. The van der Waals surface area contributed by atoms with Crippen LogP contribution < -0.4 is 5.32 Å². The second-order valence-electron chi connectivity index (χ2n) is 7.99. The number of benzene rings is 2.